The summed E-state index contributed by atoms with van der Waals surface area (Å²) < 4.78 is 1.38. The molecule has 0 aliphatic carbocycles. The van der Waals surface area contributed by atoms with Crippen molar-refractivity contribution in [1.29, 1.82) is 5.26 Å². The summed E-state index contributed by atoms with van der Waals surface area (Å²) in [6.45, 7) is 1.11. The van der Waals surface area contributed by atoms with Crippen LogP contribution in [0.2, 0.25) is 0 Å². The highest BCUT2D eigenvalue weighted by molar-refractivity contribution is 14.1. The van der Waals surface area contributed by atoms with Gasteiger partial charge in [-0.3, -0.25) is 4.90 Å². The van der Waals surface area contributed by atoms with Crippen molar-refractivity contribution in [2.45, 2.75) is 50.1 Å². The number of nitrogens with zero attached hydrogens (tertiary/aromatic N) is 2. The zero-order chi connectivity index (χ0) is 13.2. The number of fused-ring (bicyclic) bond motifs is 1. The van der Waals surface area contributed by atoms with Crippen molar-refractivity contribution in [2.75, 3.05) is 6.54 Å². The molecule has 1 aromatic carbocycles. The molecule has 2 saturated heterocycles. The number of hydrogen-bond donors (Lipinski definition) is 0. The minimum atomic E-state index is 0.155. The molecule has 0 aromatic heterocycles. The summed E-state index contributed by atoms with van der Waals surface area (Å²) >= 11 is 2.46. The van der Waals surface area contributed by atoms with Gasteiger partial charge in [0, 0.05) is 15.5 Å². The summed E-state index contributed by atoms with van der Waals surface area (Å²) in [6, 6.07) is 12.0. The number of benzene rings is 1. The van der Waals surface area contributed by atoms with Crippen molar-refractivity contribution in [3.8, 4) is 6.07 Å². The van der Waals surface area contributed by atoms with Gasteiger partial charge in [-0.25, -0.2) is 0 Å². The topological polar surface area (TPSA) is 27.0 Å². The van der Waals surface area contributed by atoms with Crippen LogP contribution in [-0.2, 0) is 0 Å². The summed E-state index contributed by atoms with van der Waals surface area (Å²) in [5.41, 5.74) is 1.50. The molecule has 19 heavy (non-hydrogen) atoms. The second-order valence-corrected chi connectivity index (χ2v) is 6.81. The van der Waals surface area contributed by atoms with Gasteiger partial charge in [-0.15, -0.1) is 0 Å². The molecule has 0 saturated carbocycles. The third-order valence-corrected chi connectivity index (χ3v) is 5.64. The first-order valence-electron chi connectivity index (χ1n) is 7.21. The fourth-order valence-electron chi connectivity index (χ4n) is 3.77. The Balaban J connectivity index is 1.91. The van der Waals surface area contributed by atoms with Gasteiger partial charge in [0.25, 0.3) is 0 Å². The van der Waals surface area contributed by atoms with E-state index in [9.17, 15) is 5.26 Å². The van der Waals surface area contributed by atoms with E-state index in [2.05, 4.69) is 57.8 Å². The molecule has 1 aromatic rings. The van der Waals surface area contributed by atoms with Gasteiger partial charge in [-0.05, 0) is 66.4 Å². The van der Waals surface area contributed by atoms with E-state index in [1.165, 1.54) is 34.8 Å². The Labute approximate surface area is 128 Å². The van der Waals surface area contributed by atoms with Crippen LogP contribution in [0.3, 0.4) is 0 Å². The van der Waals surface area contributed by atoms with E-state index in [1.54, 1.807) is 0 Å². The van der Waals surface area contributed by atoms with Crippen LogP contribution in [0.1, 0.15) is 43.6 Å². The number of rotatable bonds is 1. The van der Waals surface area contributed by atoms with Gasteiger partial charge in [0.2, 0.25) is 0 Å². The van der Waals surface area contributed by atoms with Gasteiger partial charge in [0.15, 0.2) is 0 Å². The van der Waals surface area contributed by atoms with Crippen LogP contribution >= 0.6 is 22.6 Å². The smallest absolute Gasteiger partial charge is 0.0980 e. The van der Waals surface area contributed by atoms with Crippen molar-refractivity contribution in [2.24, 2.45) is 0 Å². The van der Waals surface area contributed by atoms with Crippen LogP contribution in [-0.4, -0.2) is 23.5 Å². The highest BCUT2D eigenvalue weighted by Gasteiger charge is 2.39. The lowest BCUT2D eigenvalue weighted by molar-refractivity contribution is 0.0601. The zero-order valence-corrected chi connectivity index (χ0v) is 13.2. The molecular formula is C16H19IN2. The monoisotopic (exact) mass is 366 g/mol. The average Bonchev–Trinajstić information content (AvgIpc) is 2.47. The second kappa shape index (κ2) is 5.80. The second-order valence-electron chi connectivity index (χ2n) is 5.65. The molecule has 3 atom stereocenters. The first-order chi connectivity index (χ1) is 9.31. The largest absolute Gasteiger partial charge is 0.284 e. The zero-order valence-electron chi connectivity index (χ0n) is 11.1. The number of nitriles is 1. The summed E-state index contributed by atoms with van der Waals surface area (Å²) in [5.74, 6) is 0.623. The molecule has 2 nitrogen and oxygen atoms in total. The molecular weight excluding hydrogens is 347 g/mol. The normalized spacial score (nSPS) is 31.5. The Kier molecular flexibility index (Phi) is 4.09. The standard InChI is InChI=1S/C16H19IN2/c17-15-6-2-1-5-13(15)14-9-8-12(11-18)19-10-4-3-7-16(14)19/h1-2,5-6,12,14,16H,3-4,7-10H2. The fraction of sp³-hybridized carbons (Fsp3) is 0.562. The van der Waals surface area contributed by atoms with Crippen LogP contribution < -0.4 is 0 Å². The van der Waals surface area contributed by atoms with E-state index in [4.69, 9.17) is 0 Å². The fourth-order valence-corrected chi connectivity index (χ4v) is 4.56. The molecule has 0 spiro atoms. The minimum Gasteiger partial charge on any atom is -0.284 e. The van der Waals surface area contributed by atoms with Gasteiger partial charge >= 0.3 is 0 Å². The Hall–Kier alpha value is -0.600. The van der Waals surface area contributed by atoms with Crippen LogP contribution in [0.5, 0.6) is 0 Å². The van der Waals surface area contributed by atoms with E-state index >= 15 is 0 Å². The summed E-state index contributed by atoms with van der Waals surface area (Å²) in [6.07, 6.45) is 6.03. The molecule has 0 bridgehead atoms. The lowest BCUT2D eigenvalue weighted by atomic mass is 9.77. The maximum atomic E-state index is 9.35. The maximum absolute atomic E-state index is 9.35. The lowest BCUT2D eigenvalue weighted by Crippen LogP contribution is -2.52. The average molecular weight is 366 g/mol. The molecule has 100 valence electrons. The Bertz CT molecular complexity index is 494. The first kappa shape index (κ1) is 13.4. The van der Waals surface area contributed by atoms with Gasteiger partial charge in [0.05, 0.1) is 12.1 Å². The van der Waals surface area contributed by atoms with Gasteiger partial charge in [-0.1, -0.05) is 24.6 Å². The van der Waals surface area contributed by atoms with Crippen molar-refractivity contribution < 1.29 is 0 Å². The van der Waals surface area contributed by atoms with Crippen molar-refractivity contribution in [3.63, 3.8) is 0 Å². The molecule has 3 unspecified atom stereocenters. The molecule has 2 aliphatic rings. The molecule has 0 N–H and O–H groups in total. The molecule has 0 radical (unpaired) electrons. The number of piperidine rings is 2. The predicted molar refractivity (Wildman–Crippen MR) is 84.9 cm³/mol. The Morgan fingerprint density at radius 3 is 2.79 bits per heavy atom. The molecule has 3 heteroatoms. The summed E-state index contributed by atoms with van der Waals surface area (Å²) in [5, 5.41) is 9.35. The first-order valence-corrected chi connectivity index (χ1v) is 8.29. The van der Waals surface area contributed by atoms with Gasteiger partial charge < -0.3 is 0 Å². The van der Waals surface area contributed by atoms with Crippen LogP contribution in [0.25, 0.3) is 0 Å². The lowest BCUT2D eigenvalue weighted by Gasteiger charge is -2.47. The third-order valence-electron chi connectivity index (χ3n) is 4.66. The van der Waals surface area contributed by atoms with E-state index < -0.39 is 0 Å². The summed E-state index contributed by atoms with van der Waals surface area (Å²) in [4.78, 5) is 2.49. The van der Waals surface area contributed by atoms with E-state index in [0.717, 1.165) is 13.0 Å². The third kappa shape index (κ3) is 2.53. The van der Waals surface area contributed by atoms with Crippen LogP contribution in [0.15, 0.2) is 24.3 Å². The number of hydrogen-bond acceptors (Lipinski definition) is 2. The predicted octanol–water partition coefficient (Wildman–Crippen LogP) is 3.92. The number of halogens is 1. The van der Waals surface area contributed by atoms with E-state index in [1.807, 2.05) is 0 Å². The Morgan fingerprint density at radius 2 is 2.00 bits per heavy atom. The van der Waals surface area contributed by atoms with Crippen molar-refractivity contribution >= 4 is 22.6 Å². The highest BCUT2D eigenvalue weighted by Crippen LogP contribution is 2.41. The van der Waals surface area contributed by atoms with Crippen molar-refractivity contribution in [3.05, 3.63) is 33.4 Å². The van der Waals surface area contributed by atoms with Crippen LogP contribution in [0, 0.1) is 14.9 Å². The quantitative estimate of drug-likeness (QED) is 0.705. The van der Waals surface area contributed by atoms with Crippen molar-refractivity contribution in [1.82, 2.24) is 4.90 Å². The van der Waals surface area contributed by atoms with Crippen LogP contribution in [0.4, 0.5) is 0 Å². The molecule has 3 rings (SSSR count). The maximum Gasteiger partial charge on any atom is 0.0980 e. The Morgan fingerprint density at radius 1 is 1.16 bits per heavy atom. The minimum absolute atomic E-state index is 0.155. The molecule has 2 fully saturated rings. The molecule has 0 amide bonds. The molecule has 2 aliphatic heterocycles. The van der Waals surface area contributed by atoms with E-state index in [0.29, 0.717) is 12.0 Å². The SMILES string of the molecule is N#CC1CCC(c2ccccc2I)C2CCCCN12. The van der Waals surface area contributed by atoms with Gasteiger partial charge in [-0.2, -0.15) is 5.26 Å². The summed E-state index contributed by atoms with van der Waals surface area (Å²) in [7, 11) is 0. The highest BCUT2D eigenvalue weighted by atomic mass is 127. The molecule has 2 heterocycles. The van der Waals surface area contributed by atoms with Gasteiger partial charge in [0.1, 0.15) is 0 Å². The van der Waals surface area contributed by atoms with E-state index in [-0.39, 0.29) is 6.04 Å².